The van der Waals surface area contributed by atoms with Crippen molar-refractivity contribution >= 4 is 23.3 Å². The lowest BCUT2D eigenvalue weighted by molar-refractivity contribution is 0.0468. The second-order valence-electron chi connectivity index (χ2n) is 4.45. The van der Waals surface area contributed by atoms with Crippen molar-refractivity contribution < 1.29 is 18.3 Å². The summed E-state index contributed by atoms with van der Waals surface area (Å²) in [6.45, 7) is 1.15. The highest BCUT2D eigenvalue weighted by atomic mass is 35.5. The van der Waals surface area contributed by atoms with E-state index in [9.17, 15) is 13.6 Å². The monoisotopic (exact) mass is 311 g/mol. The lowest BCUT2D eigenvalue weighted by atomic mass is 10.1. The lowest BCUT2D eigenvalue weighted by Gasteiger charge is -2.09. The summed E-state index contributed by atoms with van der Waals surface area (Å²) in [5.41, 5.74) is 6.01. The van der Waals surface area contributed by atoms with Crippen molar-refractivity contribution in [3.05, 3.63) is 63.7 Å². The van der Waals surface area contributed by atoms with E-state index in [1.807, 2.05) is 0 Å². The molecular weight excluding hydrogens is 300 g/mol. The molecule has 0 atom stereocenters. The number of halogens is 3. The molecule has 2 aromatic rings. The minimum absolute atomic E-state index is 0.0388. The van der Waals surface area contributed by atoms with Gasteiger partial charge >= 0.3 is 5.97 Å². The molecule has 0 saturated carbocycles. The molecule has 0 aliphatic carbocycles. The van der Waals surface area contributed by atoms with Gasteiger partial charge in [-0.3, -0.25) is 0 Å². The van der Waals surface area contributed by atoms with Crippen molar-refractivity contribution in [1.82, 2.24) is 0 Å². The molecule has 0 heterocycles. The number of nitrogen functional groups attached to an aromatic ring is 1. The molecule has 6 heteroatoms. The highest BCUT2D eigenvalue weighted by Crippen LogP contribution is 2.22. The SMILES string of the molecule is Cc1c(N)cc(C(=O)OCc2c(F)cccc2Cl)cc1F. The van der Waals surface area contributed by atoms with Gasteiger partial charge in [0.25, 0.3) is 0 Å². The van der Waals surface area contributed by atoms with Crippen LogP contribution in [0, 0.1) is 18.6 Å². The van der Waals surface area contributed by atoms with Crippen LogP contribution in [-0.4, -0.2) is 5.97 Å². The minimum atomic E-state index is -0.806. The van der Waals surface area contributed by atoms with Gasteiger partial charge in [-0.05, 0) is 31.2 Å². The van der Waals surface area contributed by atoms with E-state index in [0.717, 1.165) is 6.07 Å². The van der Waals surface area contributed by atoms with Gasteiger partial charge in [0.1, 0.15) is 18.2 Å². The fourth-order valence-electron chi connectivity index (χ4n) is 1.71. The Balaban J connectivity index is 2.16. The number of nitrogens with two attached hydrogens (primary N) is 1. The third kappa shape index (κ3) is 3.31. The molecule has 21 heavy (non-hydrogen) atoms. The molecular formula is C15H12ClF2NO2. The zero-order valence-electron chi connectivity index (χ0n) is 11.1. The number of esters is 1. The summed E-state index contributed by atoms with van der Waals surface area (Å²) in [4.78, 5) is 11.8. The number of rotatable bonds is 3. The van der Waals surface area contributed by atoms with Crippen molar-refractivity contribution in [1.29, 1.82) is 0 Å². The zero-order valence-corrected chi connectivity index (χ0v) is 11.9. The van der Waals surface area contributed by atoms with Crippen molar-refractivity contribution in [2.75, 3.05) is 5.73 Å². The van der Waals surface area contributed by atoms with Gasteiger partial charge in [0.2, 0.25) is 0 Å². The number of carbonyl (C=O) groups excluding carboxylic acids is 1. The Labute approximate surface area is 125 Å². The average molecular weight is 312 g/mol. The Morgan fingerprint density at radius 3 is 2.62 bits per heavy atom. The van der Waals surface area contributed by atoms with Gasteiger partial charge in [-0.15, -0.1) is 0 Å². The molecule has 0 aliphatic heterocycles. The zero-order chi connectivity index (χ0) is 15.6. The molecule has 2 rings (SSSR count). The topological polar surface area (TPSA) is 52.3 Å². The summed E-state index contributed by atoms with van der Waals surface area (Å²) >= 11 is 5.82. The van der Waals surface area contributed by atoms with Crippen LogP contribution in [0.3, 0.4) is 0 Å². The van der Waals surface area contributed by atoms with E-state index in [-0.39, 0.29) is 34.0 Å². The maximum atomic E-state index is 13.5. The van der Waals surface area contributed by atoms with E-state index in [1.54, 1.807) is 0 Å². The highest BCUT2D eigenvalue weighted by molar-refractivity contribution is 6.31. The second-order valence-corrected chi connectivity index (χ2v) is 4.86. The summed E-state index contributed by atoms with van der Waals surface area (Å²) in [5.74, 6) is -1.99. The Hall–Kier alpha value is -2.14. The standard InChI is InChI=1S/C15H12ClF2NO2/c1-8-13(18)5-9(6-14(8)19)15(20)21-7-10-11(16)3-2-4-12(10)17/h2-6H,7,19H2,1H3. The number of carbonyl (C=O) groups is 1. The third-order valence-electron chi connectivity index (χ3n) is 3.03. The summed E-state index contributed by atoms with van der Waals surface area (Å²) in [6, 6.07) is 6.47. The van der Waals surface area contributed by atoms with Gasteiger partial charge in [0, 0.05) is 16.8 Å². The van der Waals surface area contributed by atoms with Crippen molar-refractivity contribution in [2.45, 2.75) is 13.5 Å². The van der Waals surface area contributed by atoms with Gasteiger partial charge in [0.15, 0.2) is 0 Å². The molecule has 0 saturated heterocycles. The largest absolute Gasteiger partial charge is 0.457 e. The molecule has 110 valence electrons. The second kappa shape index (κ2) is 6.10. The van der Waals surface area contributed by atoms with Crippen LogP contribution in [0.15, 0.2) is 30.3 Å². The molecule has 0 radical (unpaired) electrons. The molecule has 2 N–H and O–H groups in total. The van der Waals surface area contributed by atoms with Crippen LogP contribution in [0.1, 0.15) is 21.5 Å². The number of benzene rings is 2. The smallest absolute Gasteiger partial charge is 0.338 e. The predicted octanol–water partition coefficient (Wildman–Crippen LogP) is 3.87. The third-order valence-corrected chi connectivity index (χ3v) is 3.38. The first-order chi connectivity index (χ1) is 9.90. The molecule has 0 fully saturated rings. The molecule has 0 spiro atoms. The van der Waals surface area contributed by atoms with Crippen LogP contribution in [0.2, 0.25) is 5.02 Å². The Kier molecular flexibility index (Phi) is 4.43. The average Bonchev–Trinajstić information content (AvgIpc) is 2.43. The first-order valence-electron chi connectivity index (χ1n) is 6.05. The van der Waals surface area contributed by atoms with Gasteiger partial charge in [-0.2, -0.15) is 0 Å². The van der Waals surface area contributed by atoms with Gasteiger partial charge in [-0.25, -0.2) is 13.6 Å². The Morgan fingerprint density at radius 1 is 1.29 bits per heavy atom. The first-order valence-corrected chi connectivity index (χ1v) is 6.43. The molecule has 0 aromatic heterocycles. The maximum Gasteiger partial charge on any atom is 0.338 e. The number of ether oxygens (including phenoxy) is 1. The van der Waals surface area contributed by atoms with E-state index in [2.05, 4.69) is 0 Å². The predicted molar refractivity (Wildman–Crippen MR) is 76.1 cm³/mol. The van der Waals surface area contributed by atoms with Crippen LogP contribution in [0.25, 0.3) is 0 Å². The summed E-state index contributed by atoms with van der Waals surface area (Å²) < 4.78 is 32.0. The van der Waals surface area contributed by atoms with Crippen molar-refractivity contribution in [2.24, 2.45) is 0 Å². The molecule has 0 unspecified atom stereocenters. The van der Waals surface area contributed by atoms with Crippen LogP contribution in [0.4, 0.5) is 14.5 Å². The van der Waals surface area contributed by atoms with Gasteiger partial charge in [-0.1, -0.05) is 17.7 Å². The van der Waals surface area contributed by atoms with Crippen LogP contribution < -0.4 is 5.73 Å². The summed E-state index contributed by atoms with van der Waals surface area (Å²) in [6.07, 6.45) is 0. The molecule has 2 aromatic carbocycles. The highest BCUT2D eigenvalue weighted by Gasteiger charge is 2.14. The number of anilines is 1. The van der Waals surface area contributed by atoms with Crippen LogP contribution in [-0.2, 0) is 11.3 Å². The number of hydrogen-bond acceptors (Lipinski definition) is 3. The van der Waals surface area contributed by atoms with E-state index in [0.29, 0.717) is 0 Å². The van der Waals surface area contributed by atoms with E-state index >= 15 is 0 Å². The Morgan fingerprint density at radius 2 is 2.00 bits per heavy atom. The maximum absolute atomic E-state index is 13.5. The molecule has 3 nitrogen and oxygen atoms in total. The Bertz CT molecular complexity index is 661. The fraction of sp³-hybridized carbons (Fsp3) is 0.133. The lowest BCUT2D eigenvalue weighted by Crippen LogP contribution is -2.08. The van der Waals surface area contributed by atoms with Crippen LogP contribution in [0.5, 0.6) is 0 Å². The van der Waals surface area contributed by atoms with Crippen molar-refractivity contribution in [3.8, 4) is 0 Å². The molecule has 0 amide bonds. The normalized spacial score (nSPS) is 10.5. The van der Waals surface area contributed by atoms with Gasteiger partial charge in [0.05, 0.1) is 10.6 Å². The minimum Gasteiger partial charge on any atom is -0.457 e. The summed E-state index contributed by atoms with van der Waals surface area (Å²) in [7, 11) is 0. The van der Waals surface area contributed by atoms with E-state index in [1.165, 1.54) is 31.2 Å². The fourth-order valence-corrected chi connectivity index (χ4v) is 1.93. The quantitative estimate of drug-likeness (QED) is 0.691. The van der Waals surface area contributed by atoms with E-state index < -0.39 is 17.6 Å². The van der Waals surface area contributed by atoms with Crippen LogP contribution >= 0.6 is 11.6 Å². The molecule has 0 aliphatic rings. The molecule has 0 bridgehead atoms. The van der Waals surface area contributed by atoms with Gasteiger partial charge < -0.3 is 10.5 Å². The summed E-state index contributed by atoms with van der Waals surface area (Å²) in [5, 5.41) is 0.150. The van der Waals surface area contributed by atoms with Crippen molar-refractivity contribution in [3.63, 3.8) is 0 Å². The number of hydrogen-bond donors (Lipinski definition) is 1. The first kappa shape index (κ1) is 15.3. The van der Waals surface area contributed by atoms with E-state index in [4.69, 9.17) is 22.1 Å².